The van der Waals surface area contributed by atoms with Crippen molar-refractivity contribution in [3.05, 3.63) is 63.5 Å². The molecule has 0 radical (unpaired) electrons. The van der Waals surface area contributed by atoms with Crippen molar-refractivity contribution in [3.8, 4) is 11.3 Å². The predicted octanol–water partition coefficient (Wildman–Crippen LogP) is 5.22. The number of hydrogen-bond acceptors (Lipinski definition) is 5. The lowest BCUT2D eigenvalue weighted by atomic mass is 10.2. The second-order valence-electron chi connectivity index (χ2n) is 7.24. The third-order valence-corrected chi connectivity index (χ3v) is 8.30. The van der Waals surface area contributed by atoms with E-state index in [1.54, 1.807) is 47.8 Å². The topological polar surface area (TPSA) is 79.4 Å². The van der Waals surface area contributed by atoms with Gasteiger partial charge in [0, 0.05) is 22.5 Å². The molecule has 162 valence electrons. The van der Waals surface area contributed by atoms with Crippen molar-refractivity contribution >= 4 is 55.6 Å². The molecule has 6 nitrogen and oxygen atoms in total. The molecular weight excluding hydrogens is 477 g/mol. The molecule has 1 atom stereocenters. The minimum atomic E-state index is -3.76. The highest BCUT2D eigenvalue weighted by Gasteiger charge is 2.39. The Labute approximate surface area is 194 Å². The molecule has 1 fully saturated rings. The number of halogens is 2. The van der Waals surface area contributed by atoms with Crippen molar-refractivity contribution in [2.45, 2.75) is 30.7 Å². The minimum Gasteiger partial charge on any atom is -0.301 e. The fourth-order valence-corrected chi connectivity index (χ4v) is 6.35. The smallest absolute Gasteiger partial charge is 0.244 e. The molecule has 10 heteroatoms. The zero-order chi connectivity index (χ0) is 22.2. The number of aryl methyl sites for hydroxylation is 1. The third-order valence-electron chi connectivity index (χ3n) is 5.08. The zero-order valence-corrected chi connectivity index (χ0v) is 19.7. The van der Waals surface area contributed by atoms with E-state index in [-0.39, 0.29) is 4.90 Å². The van der Waals surface area contributed by atoms with E-state index in [9.17, 15) is 13.2 Å². The van der Waals surface area contributed by atoms with Gasteiger partial charge < -0.3 is 5.32 Å². The lowest BCUT2D eigenvalue weighted by Gasteiger charge is -2.23. The highest BCUT2D eigenvalue weighted by Crippen LogP contribution is 2.33. The molecule has 31 heavy (non-hydrogen) atoms. The molecule has 1 unspecified atom stereocenters. The number of nitrogens with one attached hydrogen (secondary N) is 1. The van der Waals surface area contributed by atoms with E-state index in [1.807, 2.05) is 6.92 Å². The van der Waals surface area contributed by atoms with Crippen LogP contribution in [0.1, 0.15) is 18.4 Å². The molecule has 1 aliphatic heterocycles. The van der Waals surface area contributed by atoms with Crippen LogP contribution in [0, 0.1) is 6.92 Å². The number of rotatable bonds is 5. The standard InChI is InChI=1S/C21H19Cl2N3O3S2/c1-13-4-7-15(8-5-13)31(28,29)26-10-2-3-19(26)20(27)25-21-24-18(12-30-21)16-9-6-14(22)11-17(16)23/h4-9,11-12,19H,2-3,10H2,1H3,(H,24,25,27). The summed E-state index contributed by atoms with van der Waals surface area (Å²) in [7, 11) is -3.76. The number of anilines is 1. The van der Waals surface area contributed by atoms with Crippen LogP contribution in [0.15, 0.2) is 52.7 Å². The number of hydrogen-bond donors (Lipinski definition) is 1. The van der Waals surface area contributed by atoms with E-state index in [2.05, 4.69) is 10.3 Å². The largest absolute Gasteiger partial charge is 0.301 e. The molecule has 0 aliphatic carbocycles. The summed E-state index contributed by atoms with van der Waals surface area (Å²) in [4.78, 5) is 17.5. The normalized spacial score (nSPS) is 17.1. The Hall–Kier alpha value is -1.97. The Morgan fingerprint density at radius 3 is 2.65 bits per heavy atom. The molecule has 1 aliphatic rings. The van der Waals surface area contributed by atoms with Gasteiger partial charge in [0.05, 0.1) is 15.6 Å². The van der Waals surface area contributed by atoms with Gasteiger partial charge in [0.25, 0.3) is 0 Å². The van der Waals surface area contributed by atoms with E-state index in [0.29, 0.717) is 45.8 Å². The Bertz CT molecular complexity index is 1230. The van der Waals surface area contributed by atoms with Gasteiger partial charge >= 0.3 is 0 Å². The van der Waals surface area contributed by atoms with Crippen molar-refractivity contribution in [1.29, 1.82) is 0 Å². The fraction of sp³-hybridized carbons (Fsp3) is 0.238. The quantitative estimate of drug-likeness (QED) is 0.526. The van der Waals surface area contributed by atoms with Gasteiger partial charge in [-0.1, -0.05) is 40.9 Å². The highest BCUT2D eigenvalue weighted by atomic mass is 35.5. The van der Waals surface area contributed by atoms with E-state index in [1.165, 1.54) is 15.6 Å². The maximum Gasteiger partial charge on any atom is 0.244 e. The first-order valence-corrected chi connectivity index (χ1v) is 12.6. The van der Waals surface area contributed by atoms with E-state index < -0.39 is 22.0 Å². The average molecular weight is 496 g/mol. The molecule has 1 aromatic heterocycles. The van der Waals surface area contributed by atoms with Crippen LogP contribution in [0.25, 0.3) is 11.3 Å². The van der Waals surface area contributed by atoms with Crippen molar-refractivity contribution in [2.24, 2.45) is 0 Å². The number of carbonyl (C=O) groups excluding carboxylic acids is 1. The van der Waals surface area contributed by atoms with Crippen LogP contribution >= 0.6 is 34.5 Å². The molecule has 4 rings (SSSR count). The Morgan fingerprint density at radius 2 is 1.94 bits per heavy atom. The lowest BCUT2D eigenvalue weighted by molar-refractivity contribution is -0.119. The maximum absolute atomic E-state index is 13.1. The van der Waals surface area contributed by atoms with Crippen molar-refractivity contribution in [1.82, 2.24) is 9.29 Å². The molecule has 3 aromatic rings. The van der Waals surface area contributed by atoms with Gasteiger partial charge in [0.2, 0.25) is 15.9 Å². The van der Waals surface area contributed by atoms with Gasteiger partial charge in [0.15, 0.2) is 5.13 Å². The number of carbonyl (C=O) groups is 1. The molecule has 0 bridgehead atoms. The minimum absolute atomic E-state index is 0.187. The molecule has 0 saturated carbocycles. The third kappa shape index (κ3) is 4.63. The summed E-state index contributed by atoms with van der Waals surface area (Å²) in [6, 6.07) is 11.0. The number of aromatic nitrogens is 1. The molecule has 1 saturated heterocycles. The van der Waals surface area contributed by atoms with E-state index >= 15 is 0 Å². The molecule has 2 heterocycles. The van der Waals surface area contributed by atoms with Crippen molar-refractivity contribution in [3.63, 3.8) is 0 Å². The highest BCUT2D eigenvalue weighted by molar-refractivity contribution is 7.89. The molecule has 1 N–H and O–H groups in total. The monoisotopic (exact) mass is 495 g/mol. The number of benzene rings is 2. The van der Waals surface area contributed by atoms with Crippen LogP contribution < -0.4 is 5.32 Å². The van der Waals surface area contributed by atoms with Crippen LogP contribution in [0.2, 0.25) is 10.0 Å². The van der Waals surface area contributed by atoms with E-state index in [4.69, 9.17) is 23.2 Å². The Morgan fingerprint density at radius 1 is 1.19 bits per heavy atom. The summed E-state index contributed by atoms with van der Waals surface area (Å²) < 4.78 is 27.4. The molecule has 0 spiro atoms. The van der Waals surface area contributed by atoms with Crippen LogP contribution in [0.3, 0.4) is 0 Å². The first-order valence-electron chi connectivity index (χ1n) is 9.56. The number of thiazole rings is 1. The maximum atomic E-state index is 13.1. The number of nitrogens with zero attached hydrogens (tertiary/aromatic N) is 2. The van der Waals surface area contributed by atoms with Gasteiger partial charge in [-0.05, 0) is 50.1 Å². The van der Waals surface area contributed by atoms with E-state index in [0.717, 1.165) is 5.56 Å². The zero-order valence-electron chi connectivity index (χ0n) is 16.5. The average Bonchev–Trinajstić information content (AvgIpc) is 3.38. The molecule has 2 aromatic carbocycles. The van der Waals surface area contributed by atoms with Crippen LogP contribution in [0.5, 0.6) is 0 Å². The van der Waals surface area contributed by atoms with Crippen LogP contribution in [-0.2, 0) is 14.8 Å². The van der Waals surface area contributed by atoms with Crippen LogP contribution in [-0.4, -0.2) is 36.2 Å². The van der Waals surface area contributed by atoms with Gasteiger partial charge in [0.1, 0.15) is 6.04 Å². The van der Waals surface area contributed by atoms with Gasteiger partial charge in [-0.25, -0.2) is 13.4 Å². The van der Waals surface area contributed by atoms with Gasteiger partial charge in [-0.2, -0.15) is 4.31 Å². The first-order chi connectivity index (χ1) is 14.8. The van der Waals surface area contributed by atoms with Crippen molar-refractivity contribution in [2.75, 3.05) is 11.9 Å². The molecule has 1 amide bonds. The number of amides is 1. The Kier molecular flexibility index (Phi) is 6.37. The summed E-state index contributed by atoms with van der Waals surface area (Å²) in [5.74, 6) is -0.392. The lowest BCUT2D eigenvalue weighted by Crippen LogP contribution is -2.43. The summed E-state index contributed by atoms with van der Waals surface area (Å²) in [6.07, 6.45) is 1.07. The van der Waals surface area contributed by atoms with Gasteiger partial charge in [-0.3, -0.25) is 4.79 Å². The second kappa shape index (κ2) is 8.88. The predicted molar refractivity (Wildman–Crippen MR) is 124 cm³/mol. The summed E-state index contributed by atoms with van der Waals surface area (Å²) in [6.45, 7) is 2.19. The van der Waals surface area contributed by atoms with Crippen LogP contribution in [0.4, 0.5) is 5.13 Å². The number of sulfonamides is 1. The fourth-order valence-electron chi connectivity index (χ4n) is 3.48. The second-order valence-corrected chi connectivity index (χ2v) is 10.8. The Balaban J connectivity index is 1.52. The van der Waals surface area contributed by atoms with Crippen molar-refractivity contribution < 1.29 is 13.2 Å². The summed E-state index contributed by atoms with van der Waals surface area (Å²) >= 11 is 13.4. The van der Waals surface area contributed by atoms with Gasteiger partial charge in [-0.15, -0.1) is 11.3 Å². The first kappa shape index (κ1) is 22.2. The summed E-state index contributed by atoms with van der Waals surface area (Å²) in [5.41, 5.74) is 2.28. The molecular formula is C21H19Cl2N3O3S2. The summed E-state index contributed by atoms with van der Waals surface area (Å²) in [5, 5.41) is 5.90. The SMILES string of the molecule is Cc1ccc(S(=O)(=O)N2CCCC2C(=O)Nc2nc(-c3ccc(Cl)cc3Cl)cs2)cc1.